The van der Waals surface area contributed by atoms with E-state index in [4.69, 9.17) is 0 Å². The lowest BCUT2D eigenvalue weighted by Crippen LogP contribution is -2.40. The van der Waals surface area contributed by atoms with Gasteiger partial charge in [0.2, 0.25) is 0 Å². The van der Waals surface area contributed by atoms with Gasteiger partial charge in [0.1, 0.15) is 0 Å². The summed E-state index contributed by atoms with van der Waals surface area (Å²) >= 11 is 3.55. The number of rotatable bonds is 6. The van der Waals surface area contributed by atoms with E-state index in [1.165, 1.54) is 0 Å². The molecule has 0 bridgehead atoms. The number of aromatic nitrogens is 1. The van der Waals surface area contributed by atoms with E-state index >= 15 is 0 Å². The van der Waals surface area contributed by atoms with E-state index in [9.17, 15) is 13.2 Å². The van der Waals surface area contributed by atoms with Crippen LogP contribution in [0.25, 0.3) is 10.9 Å². The maximum absolute atomic E-state index is 14.6. The van der Waals surface area contributed by atoms with Crippen LogP contribution in [0.2, 0.25) is 0 Å². The molecule has 0 fully saturated rings. The summed E-state index contributed by atoms with van der Waals surface area (Å²) in [6, 6.07) is 30.3. The molecule has 0 aliphatic rings. The highest BCUT2D eigenvalue weighted by atomic mass is 79.9. The number of amides is 1. The Morgan fingerprint density at radius 3 is 2.14 bits per heavy atom. The van der Waals surface area contributed by atoms with Crippen LogP contribution in [-0.4, -0.2) is 18.9 Å². The van der Waals surface area contributed by atoms with Crippen molar-refractivity contribution in [3.05, 3.63) is 130 Å². The topological polar surface area (TPSA) is 59.4 Å². The number of halogens is 1. The van der Waals surface area contributed by atoms with Crippen molar-refractivity contribution in [1.29, 1.82) is 0 Å². The normalized spacial score (nSPS) is 12.4. The molecule has 1 atom stereocenters. The summed E-state index contributed by atoms with van der Waals surface area (Å²) in [6.45, 7) is 1.89. The van der Waals surface area contributed by atoms with Crippen molar-refractivity contribution >= 4 is 48.5 Å². The van der Waals surface area contributed by atoms with Gasteiger partial charge in [0, 0.05) is 28.6 Å². The Hall–Kier alpha value is -3.68. The summed E-state index contributed by atoms with van der Waals surface area (Å²) in [5, 5.41) is 0.875. The summed E-state index contributed by atoms with van der Waals surface area (Å²) < 4.78 is 31.9. The zero-order valence-corrected chi connectivity index (χ0v) is 22.8. The van der Waals surface area contributed by atoms with Gasteiger partial charge in [-0.25, -0.2) is 12.7 Å². The van der Waals surface area contributed by atoms with Crippen LogP contribution in [0.5, 0.6) is 0 Å². The SMILES string of the molecule is Cc1ccc(S(=O)(=O)N(C(=O)[C@@H](c2ccccc2)c2cn(C)c3ccc(Br)cc23)c2ccccc2)cc1. The Balaban J connectivity index is 1.76. The highest BCUT2D eigenvalue weighted by Gasteiger charge is 2.38. The number of carbonyl (C=O) groups is 1. The van der Waals surface area contributed by atoms with Crippen LogP contribution in [0.15, 0.2) is 119 Å². The van der Waals surface area contributed by atoms with Crippen LogP contribution in [0, 0.1) is 6.92 Å². The second-order valence-electron chi connectivity index (χ2n) is 8.96. The van der Waals surface area contributed by atoms with Gasteiger partial charge >= 0.3 is 0 Å². The van der Waals surface area contributed by atoms with Crippen LogP contribution >= 0.6 is 15.9 Å². The summed E-state index contributed by atoms with van der Waals surface area (Å²) in [5.74, 6) is -1.41. The summed E-state index contributed by atoms with van der Waals surface area (Å²) in [6.07, 6.45) is 1.91. The first-order valence-electron chi connectivity index (χ1n) is 11.8. The molecule has 0 unspecified atom stereocenters. The summed E-state index contributed by atoms with van der Waals surface area (Å²) in [4.78, 5) is 14.7. The van der Waals surface area contributed by atoms with Gasteiger partial charge in [0.15, 0.2) is 0 Å². The molecule has 186 valence electrons. The fourth-order valence-corrected chi connectivity index (χ4v) is 6.40. The monoisotopic (exact) mass is 572 g/mol. The number of hydrogen-bond donors (Lipinski definition) is 0. The highest BCUT2D eigenvalue weighted by molar-refractivity contribution is 9.10. The van der Waals surface area contributed by atoms with E-state index in [0.717, 1.165) is 30.8 Å². The minimum atomic E-state index is -4.22. The average Bonchev–Trinajstić information content (AvgIpc) is 3.20. The van der Waals surface area contributed by atoms with Crippen LogP contribution in [0.4, 0.5) is 5.69 Å². The lowest BCUT2D eigenvalue weighted by Gasteiger charge is -2.27. The van der Waals surface area contributed by atoms with Crippen LogP contribution in [-0.2, 0) is 21.9 Å². The molecule has 5 aromatic rings. The van der Waals surface area contributed by atoms with Gasteiger partial charge in [-0.1, -0.05) is 82.2 Å². The van der Waals surface area contributed by atoms with E-state index in [1.54, 1.807) is 54.6 Å². The van der Waals surface area contributed by atoms with Crippen molar-refractivity contribution in [1.82, 2.24) is 4.57 Å². The Morgan fingerprint density at radius 1 is 0.865 bits per heavy atom. The number of carbonyl (C=O) groups excluding carboxylic acids is 1. The predicted octanol–water partition coefficient (Wildman–Crippen LogP) is 6.80. The lowest BCUT2D eigenvalue weighted by atomic mass is 9.90. The molecule has 5 nitrogen and oxygen atoms in total. The molecule has 0 spiro atoms. The molecule has 7 heteroatoms. The molecule has 0 saturated heterocycles. The van der Waals surface area contributed by atoms with Crippen molar-refractivity contribution in [2.24, 2.45) is 7.05 Å². The van der Waals surface area contributed by atoms with Gasteiger partial charge < -0.3 is 4.57 Å². The number of anilines is 1. The van der Waals surface area contributed by atoms with E-state index in [2.05, 4.69) is 15.9 Å². The van der Waals surface area contributed by atoms with Crippen LogP contribution < -0.4 is 4.31 Å². The smallest absolute Gasteiger partial charge is 0.270 e. The lowest BCUT2D eigenvalue weighted by molar-refractivity contribution is -0.118. The molecule has 37 heavy (non-hydrogen) atoms. The molecule has 1 heterocycles. The maximum atomic E-state index is 14.6. The Labute approximate surface area is 225 Å². The summed E-state index contributed by atoms with van der Waals surface area (Å²) in [7, 11) is -2.30. The average molecular weight is 574 g/mol. The number of benzene rings is 4. The number of aryl methyl sites for hydroxylation is 2. The molecule has 1 aromatic heterocycles. The zero-order chi connectivity index (χ0) is 26.2. The first-order valence-corrected chi connectivity index (χ1v) is 14.0. The van der Waals surface area contributed by atoms with Crippen molar-refractivity contribution in [3.63, 3.8) is 0 Å². The number of fused-ring (bicyclic) bond motifs is 1. The number of para-hydroxylation sites is 1. The first kappa shape index (κ1) is 25.0. The molecule has 5 rings (SSSR count). The molecule has 0 aliphatic carbocycles. The second-order valence-corrected chi connectivity index (χ2v) is 11.7. The maximum Gasteiger partial charge on any atom is 0.270 e. The summed E-state index contributed by atoms with van der Waals surface area (Å²) in [5.41, 5.74) is 3.60. The Bertz CT molecular complexity index is 1680. The van der Waals surface area contributed by atoms with Crippen LogP contribution in [0.1, 0.15) is 22.6 Å². The van der Waals surface area contributed by atoms with Gasteiger partial charge in [-0.3, -0.25) is 4.79 Å². The molecule has 0 radical (unpaired) electrons. The zero-order valence-electron chi connectivity index (χ0n) is 20.4. The second kappa shape index (κ2) is 10.00. The Morgan fingerprint density at radius 2 is 1.49 bits per heavy atom. The third-order valence-electron chi connectivity index (χ3n) is 6.42. The van der Waals surface area contributed by atoms with Gasteiger partial charge in [-0.15, -0.1) is 0 Å². The molecular formula is C30H25BrN2O3S. The largest absolute Gasteiger partial charge is 0.350 e. The van der Waals surface area contributed by atoms with Gasteiger partial charge in [-0.05, 0) is 60.5 Å². The molecule has 0 saturated carbocycles. The molecule has 4 aromatic carbocycles. The minimum Gasteiger partial charge on any atom is -0.350 e. The number of nitrogens with zero attached hydrogens (tertiary/aromatic N) is 2. The van der Waals surface area contributed by atoms with E-state index < -0.39 is 21.8 Å². The molecular weight excluding hydrogens is 548 g/mol. The van der Waals surface area contributed by atoms with Crippen LogP contribution in [0.3, 0.4) is 0 Å². The van der Waals surface area contributed by atoms with Gasteiger partial charge in [-0.2, -0.15) is 0 Å². The van der Waals surface area contributed by atoms with Gasteiger partial charge in [0.05, 0.1) is 16.5 Å². The fourth-order valence-electron chi connectivity index (χ4n) is 4.61. The van der Waals surface area contributed by atoms with E-state index in [1.807, 2.05) is 73.3 Å². The quantitative estimate of drug-likeness (QED) is 0.225. The molecule has 0 aliphatic heterocycles. The number of sulfonamides is 1. The molecule has 0 N–H and O–H groups in total. The molecule has 1 amide bonds. The minimum absolute atomic E-state index is 0.0581. The fraction of sp³-hybridized carbons (Fsp3) is 0.100. The third kappa shape index (κ3) is 4.72. The standard InChI is InChI=1S/C30H25BrN2O3S/c1-21-13-16-25(17-14-21)37(35,36)33(24-11-7-4-8-12-24)30(34)29(22-9-5-3-6-10-22)27-20-32(2)28-18-15-23(31)19-26(27)28/h3-20,29H,1-2H3/t29-/m0/s1. The van der Waals surface area contributed by atoms with Gasteiger partial charge in [0.25, 0.3) is 15.9 Å². The highest BCUT2D eigenvalue weighted by Crippen LogP contribution is 2.37. The first-order chi connectivity index (χ1) is 17.8. The van der Waals surface area contributed by atoms with Crippen molar-refractivity contribution in [2.75, 3.05) is 4.31 Å². The van der Waals surface area contributed by atoms with Crippen molar-refractivity contribution in [3.8, 4) is 0 Å². The van der Waals surface area contributed by atoms with Crippen molar-refractivity contribution in [2.45, 2.75) is 17.7 Å². The van der Waals surface area contributed by atoms with E-state index in [0.29, 0.717) is 5.56 Å². The third-order valence-corrected chi connectivity index (χ3v) is 8.66. The number of hydrogen-bond acceptors (Lipinski definition) is 3. The van der Waals surface area contributed by atoms with Crippen molar-refractivity contribution < 1.29 is 13.2 Å². The Kier molecular flexibility index (Phi) is 6.75. The van der Waals surface area contributed by atoms with E-state index in [-0.39, 0.29) is 10.6 Å². The predicted molar refractivity (Wildman–Crippen MR) is 151 cm³/mol.